The second kappa shape index (κ2) is 6.92. The molecular formula is C21H23N3O2. The number of aliphatic hydroxyl groups excluding tert-OH is 1. The molecular weight excluding hydrogens is 326 g/mol. The summed E-state index contributed by atoms with van der Waals surface area (Å²) < 4.78 is 0. The third-order valence-corrected chi connectivity index (χ3v) is 5.50. The third-order valence-electron chi connectivity index (χ3n) is 5.50. The fourth-order valence-electron chi connectivity index (χ4n) is 4.03. The molecule has 2 N–H and O–H groups in total. The molecule has 1 unspecified atom stereocenters. The normalized spacial score (nSPS) is 20.4. The van der Waals surface area contributed by atoms with Crippen molar-refractivity contribution in [2.75, 3.05) is 19.7 Å². The number of nitrogens with zero attached hydrogens (tertiary/aromatic N) is 2. The fourth-order valence-corrected chi connectivity index (χ4v) is 4.03. The highest BCUT2D eigenvalue weighted by atomic mass is 16.3. The van der Waals surface area contributed by atoms with Crippen LogP contribution in [0.25, 0.3) is 11.0 Å². The number of H-pyrrole nitrogens is 1. The number of carbonyl (C=O) groups excluding carboxylic acids is 1. The van der Waals surface area contributed by atoms with Crippen molar-refractivity contribution < 1.29 is 9.90 Å². The lowest BCUT2D eigenvalue weighted by atomic mass is 9.74. The van der Waals surface area contributed by atoms with E-state index in [0.717, 1.165) is 41.5 Å². The van der Waals surface area contributed by atoms with Crippen molar-refractivity contribution in [2.45, 2.75) is 24.7 Å². The Morgan fingerprint density at radius 2 is 2.08 bits per heavy atom. The van der Waals surface area contributed by atoms with Crippen molar-refractivity contribution in [3.8, 4) is 0 Å². The van der Waals surface area contributed by atoms with Gasteiger partial charge >= 0.3 is 0 Å². The van der Waals surface area contributed by atoms with Gasteiger partial charge in [-0.1, -0.05) is 30.3 Å². The predicted octanol–water partition coefficient (Wildman–Crippen LogP) is 2.66. The molecule has 134 valence electrons. The number of hydrogen-bond donors (Lipinski definition) is 2. The largest absolute Gasteiger partial charge is 0.395 e. The van der Waals surface area contributed by atoms with Crippen LogP contribution in [0.1, 0.15) is 24.0 Å². The van der Waals surface area contributed by atoms with Crippen molar-refractivity contribution in [2.24, 2.45) is 0 Å². The molecule has 1 amide bonds. The van der Waals surface area contributed by atoms with Gasteiger partial charge in [0.05, 0.1) is 13.0 Å². The van der Waals surface area contributed by atoms with E-state index >= 15 is 0 Å². The lowest BCUT2D eigenvalue weighted by Crippen LogP contribution is -2.50. The number of benzene rings is 1. The molecule has 1 aliphatic heterocycles. The maximum absolute atomic E-state index is 13.0. The first-order valence-corrected chi connectivity index (χ1v) is 9.07. The van der Waals surface area contributed by atoms with Crippen LogP contribution in [-0.2, 0) is 16.6 Å². The van der Waals surface area contributed by atoms with E-state index in [4.69, 9.17) is 0 Å². The van der Waals surface area contributed by atoms with Crippen LogP contribution in [0.3, 0.4) is 0 Å². The molecule has 5 nitrogen and oxygen atoms in total. The van der Waals surface area contributed by atoms with Gasteiger partial charge in [0.1, 0.15) is 5.65 Å². The Balaban J connectivity index is 1.55. The molecule has 0 saturated carbocycles. The molecule has 1 aromatic carbocycles. The van der Waals surface area contributed by atoms with Crippen molar-refractivity contribution in [1.29, 1.82) is 0 Å². The number of hydrogen-bond acceptors (Lipinski definition) is 3. The molecule has 3 heterocycles. The van der Waals surface area contributed by atoms with Gasteiger partial charge in [0.2, 0.25) is 5.91 Å². The van der Waals surface area contributed by atoms with E-state index in [1.165, 1.54) is 0 Å². The van der Waals surface area contributed by atoms with E-state index in [2.05, 4.69) is 22.1 Å². The fraction of sp³-hybridized carbons (Fsp3) is 0.333. The average molecular weight is 349 g/mol. The number of aromatic amines is 1. The van der Waals surface area contributed by atoms with Gasteiger partial charge in [-0.3, -0.25) is 4.79 Å². The van der Waals surface area contributed by atoms with E-state index in [0.29, 0.717) is 13.0 Å². The SMILES string of the molecule is O=C(Cc1c[nH]c2ncccc12)N1CCCC(CO)(c2ccccc2)C1. The zero-order valence-electron chi connectivity index (χ0n) is 14.7. The first-order valence-electron chi connectivity index (χ1n) is 9.07. The highest BCUT2D eigenvalue weighted by Gasteiger charge is 2.38. The predicted molar refractivity (Wildman–Crippen MR) is 101 cm³/mol. The summed E-state index contributed by atoms with van der Waals surface area (Å²) in [5.74, 6) is 0.100. The lowest BCUT2D eigenvalue weighted by Gasteiger charge is -2.42. The van der Waals surface area contributed by atoms with Gasteiger partial charge in [-0.25, -0.2) is 4.98 Å². The third kappa shape index (κ3) is 2.99. The Hall–Kier alpha value is -2.66. The monoisotopic (exact) mass is 349 g/mol. The molecule has 4 rings (SSSR count). The van der Waals surface area contributed by atoms with Crippen LogP contribution >= 0.6 is 0 Å². The van der Waals surface area contributed by atoms with Gasteiger partial charge in [-0.2, -0.15) is 0 Å². The summed E-state index contributed by atoms with van der Waals surface area (Å²) >= 11 is 0. The number of nitrogens with one attached hydrogen (secondary N) is 1. The summed E-state index contributed by atoms with van der Waals surface area (Å²) in [6, 6.07) is 13.9. The topological polar surface area (TPSA) is 69.2 Å². The number of likely N-dealkylation sites (tertiary alicyclic amines) is 1. The van der Waals surface area contributed by atoms with Crippen molar-refractivity contribution in [3.05, 3.63) is 66.0 Å². The average Bonchev–Trinajstić information content (AvgIpc) is 3.11. The maximum Gasteiger partial charge on any atom is 0.227 e. The smallest absolute Gasteiger partial charge is 0.227 e. The van der Waals surface area contributed by atoms with Gasteiger partial charge in [-0.05, 0) is 36.1 Å². The number of amides is 1. The van der Waals surface area contributed by atoms with E-state index < -0.39 is 0 Å². The highest BCUT2D eigenvalue weighted by molar-refractivity contribution is 5.87. The number of aliphatic hydroxyl groups is 1. The summed E-state index contributed by atoms with van der Waals surface area (Å²) in [4.78, 5) is 22.3. The number of aromatic nitrogens is 2. The Morgan fingerprint density at radius 1 is 1.23 bits per heavy atom. The van der Waals surface area contributed by atoms with E-state index in [-0.39, 0.29) is 17.9 Å². The summed E-state index contributed by atoms with van der Waals surface area (Å²) in [7, 11) is 0. The van der Waals surface area contributed by atoms with Crippen LogP contribution in [-0.4, -0.2) is 45.6 Å². The number of carbonyl (C=O) groups is 1. The van der Waals surface area contributed by atoms with Gasteiger partial charge < -0.3 is 15.0 Å². The Labute approximate surface area is 152 Å². The second-order valence-corrected chi connectivity index (χ2v) is 7.11. The zero-order chi connectivity index (χ0) is 18.0. The van der Waals surface area contributed by atoms with Crippen molar-refractivity contribution in [1.82, 2.24) is 14.9 Å². The number of piperidine rings is 1. The minimum atomic E-state index is -0.364. The minimum Gasteiger partial charge on any atom is -0.395 e. The molecule has 1 saturated heterocycles. The summed E-state index contributed by atoms with van der Waals surface area (Å²) in [5, 5.41) is 11.1. The Kier molecular flexibility index (Phi) is 4.47. The van der Waals surface area contributed by atoms with Crippen LogP contribution in [0.2, 0.25) is 0 Å². The molecule has 3 aromatic rings. The molecule has 2 aromatic heterocycles. The van der Waals surface area contributed by atoms with Gasteiger partial charge in [0, 0.05) is 36.3 Å². The van der Waals surface area contributed by atoms with Crippen LogP contribution in [0, 0.1) is 0 Å². The van der Waals surface area contributed by atoms with E-state index in [9.17, 15) is 9.90 Å². The summed E-state index contributed by atoms with van der Waals surface area (Å²) in [5.41, 5.74) is 2.52. The molecule has 5 heteroatoms. The molecule has 26 heavy (non-hydrogen) atoms. The lowest BCUT2D eigenvalue weighted by molar-refractivity contribution is -0.133. The van der Waals surface area contributed by atoms with Crippen LogP contribution in [0.5, 0.6) is 0 Å². The zero-order valence-corrected chi connectivity index (χ0v) is 14.7. The van der Waals surface area contributed by atoms with Crippen LogP contribution < -0.4 is 0 Å². The summed E-state index contributed by atoms with van der Waals surface area (Å²) in [6.45, 7) is 1.36. The number of rotatable bonds is 4. The molecule has 0 spiro atoms. The highest BCUT2D eigenvalue weighted by Crippen LogP contribution is 2.34. The first kappa shape index (κ1) is 16.8. The Morgan fingerprint density at radius 3 is 2.88 bits per heavy atom. The van der Waals surface area contributed by atoms with Gasteiger partial charge in [-0.15, -0.1) is 0 Å². The molecule has 0 bridgehead atoms. The van der Waals surface area contributed by atoms with Crippen LogP contribution in [0.15, 0.2) is 54.9 Å². The number of pyridine rings is 1. The van der Waals surface area contributed by atoms with Gasteiger partial charge in [0.25, 0.3) is 0 Å². The van der Waals surface area contributed by atoms with Gasteiger partial charge in [0.15, 0.2) is 0 Å². The Bertz CT molecular complexity index is 906. The quantitative estimate of drug-likeness (QED) is 0.761. The van der Waals surface area contributed by atoms with Crippen LogP contribution in [0.4, 0.5) is 0 Å². The first-order chi connectivity index (χ1) is 12.7. The van der Waals surface area contributed by atoms with Crippen molar-refractivity contribution >= 4 is 16.9 Å². The van der Waals surface area contributed by atoms with Crippen molar-refractivity contribution in [3.63, 3.8) is 0 Å². The molecule has 0 radical (unpaired) electrons. The minimum absolute atomic E-state index is 0.0534. The second-order valence-electron chi connectivity index (χ2n) is 7.11. The maximum atomic E-state index is 13.0. The number of fused-ring (bicyclic) bond motifs is 1. The molecule has 1 atom stereocenters. The standard InChI is InChI=1S/C21H23N3O2/c25-15-21(17-6-2-1-3-7-17)9-5-11-24(14-21)19(26)12-16-13-23-20-18(16)8-4-10-22-20/h1-4,6-8,10,13,25H,5,9,11-12,14-15H2,(H,22,23). The molecule has 1 fully saturated rings. The summed E-state index contributed by atoms with van der Waals surface area (Å²) in [6.07, 6.45) is 5.76. The molecule has 0 aliphatic carbocycles. The van der Waals surface area contributed by atoms with E-state index in [1.54, 1.807) is 6.20 Å². The van der Waals surface area contributed by atoms with E-state index in [1.807, 2.05) is 41.4 Å². The molecule has 1 aliphatic rings.